The molecule has 2 N–H and O–H groups in total. The van der Waals surface area contributed by atoms with E-state index in [9.17, 15) is 19.8 Å². The summed E-state index contributed by atoms with van der Waals surface area (Å²) in [4.78, 5) is 23.7. The first-order valence-electron chi connectivity index (χ1n) is 16.4. The normalized spacial score (nSPS) is 18.0. The van der Waals surface area contributed by atoms with Crippen LogP contribution in [0.2, 0.25) is 5.02 Å². The van der Waals surface area contributed by atoms with Crippen molar-refractivity contribution in [3.8, 4) is 11.1 Å². The second kappa shape index (κ2) is 12.8. The second-order valence-corrected chi connectivity index (χ2v) is 15.2. The zero-order chi connectivity index (χ0) is 35.2. The van der Waals surface area contributed by atoms with Gasteiger partial charge in [0, 0.05) is 45.7 Å². The van der Waals surface area contributed by atoms with Gasteiger partial charge in [0.1, 0.15) is 0 Å². The molecule has 0 radical (unpaired) electrons. The molecule has 4 aromatic rings. The summed E-state index contributed by atoms with van der Waals surface area (Å²) < 4.78 is 0. The maximum Gasteiger partial charge on any atom is 0.335 e. The smallest absolute Gasteiger partial charge is 0.335 e. The van der Waals surface area contributed by atoms with Gasteiger partial charge < -0.3 is 10.2 Å². The van der Waals surface area contributed by atoms with Crippen LogP contribution in [0, 0.1) is 10.8 Å². The Kier molecular flexibility index (Phi) is 8.88. The van der Waals surface area contributed by atoms with E-state index in [0.717, 1.165) is 51.5 Å². The second-order valence-electron chi connectivity index (χ2n) is 14.8. The molecule has 6 rings (SSSR count). The molecule has 0 aliphatic carbocycles. The molecule has 0 saturated carbocycles. The predicted molar refractivity (Wildman–Crippen MR) is 197 cm³/mol. The molecule has 252 valence electrons. The van der Waals surface area contributed by atoms with Gasteiger partial charge in [-0.15, -0.1) is 0 Å². The van der Waals surface area contributed by atoms with Crippen LogP contribution in [0.4, 0.5) is 11.4 Å². The Morgan fingerprint density at radius 1 is 0.653 bits per heavy atom. The Labute approximate surface area is 292 Å². The molecule has 49 heavy (non-hydrogen) atoms. The van der Waals surface area contributed by atoms with Crippen molar-refractivity contribution >= 4 is 46.3 Å². The van der Waals surface area contributed by atoms with E-state index >= 15 is 0 Å². The summed E-state index contributed by atoms with van der Waals surface area (Å²) >= 11 is 6.25. The molecule has 8 nitrogen and oxygen atoms in total. The van der Waals surface area contributed by atoms with Crippen molar-refractivity contribution in [2.45, 2.75) is 66.5 Å². The van der Waals surface area contributed by atoms with Gasteiger partial charge in [-0.25, -0.2) is 9.59 Å². The first-order chi connectivity index (χ1) is 23.1. The van der Waals surface area contributed by atoms with Gasteiger partial charge in [-0.05, 0) is 71.3 Å². The van der Waals surface area contributed by atoms with Gasteiger partial charge in [0.15, 0.2) is 0 Å². The van der Waals surface area contributed by atoms with Crippen LogP contribution in [-0.4, -0.2) is 33.6 Å². The number of aromatic carboxylic acids is 2. The molecule has 2 heterocycles. The van der Waals surface area contributed by atoms with Crippen molar-refractivity contribution in [3.63, 3.8) is 0 Å². The van der Waals surface area contributed by atoms with Crippen LogP contribution in [0.1, 0.15) is 98.3 Å². The fourth-order valence-electron chi connectivity index (χ4n) is 6.34. The van der Waals surface area contributed by atoms with Gasteiger partial charge in [0.2, 0.25) is 0 Å². The number of rotatable bonds is 7. The lowest BCUT2D eigenvalue weighted by Crippen LogP contribution is -2.20. The third-order valence-electron chi connectivity index (χ3n) is 9.28. The van der Waals surface area contributed by atoms with E-state index in [4.69, 9.17) is 21.8 Å². The van der Waals surface area contributed by atoms with Crippen molar-refractivity contribution in [2.75, 3.05) is 10.0 Å². The van der Waals surface area contributed by atoms with Crippen LogP contribution < -0.4 is 10.0 Å². The van der Waals surface area contributed by atoms with E-state index in [1.54, 1.807) is 36.4 Å². The SMILES string of the molecule is CC(C)(C)C1=NN(c2ccc(C(=O)O)cc2)C(c2ccc(-c3cc(C(=O)O)ccc3N3N=C(C(C)(C)C)CC3c3ccc(Cl)cc3)cc2)C1. The van der Waals surface area contributed by atoms with Crippen molar-refractivity contribution in [3.05, 3.63) is 118 Å². The monoisotopic (exact) mass is 676 g/mol. The average Bonchev–Trinajstić information content (AvgIpc) is 3.71. The molecular formula is C40H41ClN4O4. The first-order valence-corrected chi connectivity index (χ1v) is 16.8. The number of carbonyl (C=O) groups is 2. The highest BCUT2D eigenvalue weighted by molar-refractivity contribution is 6.30. The van der Waals surface area contributed by atoms with Crippen molar-refractivity contribution in [2.24, 2.45) is 21.0 Å². The first kappa shape index (κ1) is 33.9. The molecule has 0 aromatic heterocycles. The molecule has 0 amide bonds. The topological polar surface area (TPSA) is 106 Å². The number of anilines is 2. The zero-order valence-electron chi connectivity index (χ0n) is 28.6. The number of carboxylic acid groups (broad SMARTS) is 2. The number of hydrogen-bond donors (Lipinski definition) is 2. The van der Waals surface area contributed by atoms with Crippen LogP contribution >= 0.6 is 11.6 Å². The molecule has 9 heteroatoms. The Hall–Kier alpha value is -4.95. The van der Waals surface area contributed by atoms with E-state index in [0.29, 0.717) is 11.4 Å². The summed E-state index contributed by atoms with van der Waals surface area (Å²) in [6.45, 7) is 12.9. The largest absolute Gasteiger partial charge is 0.478 e. The Bertz CT molecular complexity index is 1950. The Balaban J connectivity index is 1.40. The number of halogens is 1. The van der Waals surface area contributed by atoms with E-state index in [1.807, 2.05) is 52.5 Å². The van der Waals surface area contributed by atoms with Gasteiger partial charge in [-0.1, -0.05) is 89.5 Å². The average molecular weight is 677 g/mol. The lowest BCUT2D eigenvalue weighted by atomic mass is 9.85. The Morgan fingerprint density at radius 2 is 1.12 bits per heavy atom. The molecule has 2 aliphatic rings. The van der Waals surface area contributed by atoms with Crippen LogP contribution in [-0.2, 0) is 0 Å². The number of carboxylic acids is 2. The minimum atomic E-state index is -0.999. The molecule has 2 atom stereocenters. The highest BCUT2D eigenvalue weighted by atomic mass is 35.5. The summed E-state index contributed by atoms with van der Waals surface area (Å²) in [6, 6.07) is 27.8. The van der Waals surface area contributed by atoms with Crippen molar-refractivity contribution in [1.29, 1.82) is 0 Å². The highest BCUT2D eigenvalue weighted by Crippen LogP contribution is 2.45. The predicted octanol–water partition coefficient (Wildman–Crippen LogP) is 10.1. The minimum Gasteiger partial charge on any atom is -0.478 e. The molecule has 0 spiro atoms. The fraction of sp³-hybridized carbons (Fsp3) is 0.300. The van der Waals surface area contributed by atoms with Crippen LogP contribution in [0.3, 0.4) is 0 Å². The lowest BCUT2D eigenvalue weighted by molar-refractivity contribution is 0.0686. The van der Waals surface area contributed by atoms with Gasteiger partial charge in [0.25, 0.3) is 0 Å². The molecule has 0 saturated heterocycles. The van der Waals surface area contributed by atoms with Gasteiger partial charge in [-0.3, -0.25) is 10.0 Å². The van der Waals surface area contributed by atoms with Crippen molar-refractivity contribution in [1.82, 2.24) is 0 Å². The number of hydrazone groups is 2. The zero-order valence-corrected chi connectivity index (χ0v) is 29.4. The lowest BCUT2D eigenvalue weighted by Gasteiger charge is -2.27. The summed E-state index contributed by atoms with van der Waals surface area (Å²) in [5.41, 5.74) is 7.59. The van der Waals surface area contributed by atoms with Gasteiger partial charge in [0.05, 0.1) is 34.6 Å². The number of nitrogens with zero attached hydrogens (tertiary/aromatic N) is 4. The minimum absolute atomic E-state index is 0.0901. The summed E-state index contributed by atoms with van der Waals surface area (Å²) in [6.07, 6.45) is 1.44. The van der Waals surface area contributed by atoms with Gasteiger partial charge >= 0.3 is 11.9 Å². The Morgan fingerprint density at radius 3 is 1.63 bits per heavy atom. The summed E-state index contributed by atoms with van der Waals surface area (Å²) in [5.74, 6) is -1.97. The summed E-state index contributed by atoms with van der Waals surface area (Å²) in [7, 11) is 0. The highest BCUT2D eigenvalue weighted by Gasteiger charge is 2.37. The summed E-state index contributed by atoms with van der Waals surface area (Å²) in [5, 5.41) is 34.2. The molecule has 0 fully saturated rings. The third-order valence-corrected chi connectivity index (χ3v) is 9.53. The van der Waals surface area contributed by atoms with Crippen molar-refractivity contribution < 1.29 is 19.8 Å². The molecule has 4 aromatic carbocycles. The van der Waals surface area contributed by atoms with E-state index in [1.165, 1.54) is 0 Å². The van der Waals surface area contributed by atoms with Crippen LogP contribution in [0.15, 0.2) is 101 Å². The van der Waals surface area contributed by atoms with E-state index in [2.05, 4.69) is 53.7 Å². The maximum absolute atomic E-state index is 12.2. The van der Waals surface area contributed by atoms with Crippen LogP contribution in [0.5, 0.6) is 0 Å². The molecule has 0 bridgehead atoms. The standard InChI is InChI=1S/C40H41ClN4O4/c1-39(2,3)35-22-33(44(42-35)30-18-13-27(14-19-30)37(46)47)25-9-7-24(8-10-25)31-21-28(38(48)49)15-20-32(31)45-34(23-36(43-45)40(4,5)6)26-11-16-29(41)17-12-26/h7-21,33-34H,22-23H2,1-6H3,(H,46,47)(H,48,49). The molecule has 2 aliphatic heterocycles. The molecule has 2 unspecified atom stereocenters. The molecular weight excluding hydrogens is 636 g/mol. The van der Waals surface area contributed by atoms with Crippen LogP contribution in [0.25, 0.3) is 11.1 Å². The van der Waals surface area contributed by atoms with E-state index in [-0.39, 0.29) is 34.0 Å². The fourth-order valence-corrected chi connectivity index (χ4v) is 6.46. The third kappa shape index (κ3) is 6.97. The number of hydrogen-bond acceptors (Lipinski definition) is 6. The van der Waals surface area contributed by atoms with Gasteiger partial charge in [-0.2, -0.15) is 10.2 Å². The number of benzene rings is 4. The maximum atomic E-state index is 12.2. The van der Waals surface area contributed by atoms with E-state index < -0.39 is 11.9 Å². The quantitative estimate of drug-likeness (QED) is 0.202.